The highest BCUT2D eigenvalue weighted by molar-refractivity contribution is 6.35. The molecule has 0 aliphatic rings. The minimum Gasteiger partial charge on any atom is -0.336 e. The first-order chi connectivity index (χ1) is 12.9. The fraction of sp³-hybridized carbons (Fsp3) is 0.150. The van der Waals surface area contributed by atoms with E-state index in [1.165, 1.54) is 21.7 Å². The van der Waals surface area contributed by atoms with Crippen molar-refractivity contribution >= 4 is 29.1 Å². The van der Waals surface area contributed by atoms with Crippen LogP contribution in [0.5, 0.6) is 0 Å². The van der Waals surface area contributed by atoms with E-state index in [1.807, 2.05) is 30.3 Å². The van der Waals surface area contributed by atoms with Crippen molar-refractivity contribution in [2.45, 2.75) is 13.1 Å². The first kappa shape index (κ1) is 19.1. The molecule has 138 valence electrons. The summed E-state index contributed by atoms with van der Waals surface area (Å²) in [4.78, 5) is 26.3. The van der Waals surface area contributed by atoms with Gasteiger partial charge in [0.15, 0.2) is 0 Å². The highest BCUT2D eigenvalue weighted by atomic mass is 35.5. The molecular formula is C20H17Cl2N3O2. The van der Waals surface area contributed by atoms with Gasteiger partial charge < -0.3 is 4.90 Å². The fourth-order valence-electron chi connectivity index (χ4n) is 2.61. The molecule has 3 aromatic rings. The molecule has 7 heteroatoms. The van der Waals surface area contributed by atoms with Crippen molar-refractivity contribution in [3.63, 3.8) is 0 Å². The van der Waals surface area contributed by atoms with Gasteiger partial charge in [0, 0.05) is 29.7 Å². The molecule has 0 saturated heterocycles. The molecule has 0 radical (unpaired) electrons. The maximum atomic E-state index is 12.7. The molecule has 0 aliphatic heterocycles. The van der Waals surface area contributed by atoms with Crippen molar-refractivity contribution in [3.05, 3.63) is 97.9 Å². The minimum atomic E-state index is -0.303. The molecule has 0 fully saturated rings. The van der Waals surface area contributed by atoms with E-state index < -0.39 is 0 Å². The van der Waals surface area contributed by atoms with E-state index in [0.717, 1.165) is 11.1 Å². The summed E-state index contributed by atoms with van der Waals surface area (Å²) < 4.78 is 1.28. The third-order valence-corrected chi connectivity index (χ3v) is 4.62. The van der Waals surface area contributed by atoms with Crippen LogP contribution < -0.4 is 5.56 Å². The van der Waals surface area contributed by atoms with Gasteiger partial charge in [0.2, 0.25) is 0 Å². The van der Waals surface area contributed by atoms with Gasteiger partial charge in [0.1, 0.15) is 5.69 Å². The van der Waals surface area contributed by atoms with Crippen molar-refractivity contribution in [1.29, 1.82) is 0 Å². The van der Waals surface area contributed by atoms with Crippen LogP contribution in [0.2, 0.25) is 10.0 Å². The topological polar surface area (TPSA) is 55.2 Å². The van der Waals surface area contributed by atoms with Crippen LogP contribution >= 0.6 is 23.2 Å². The molecule has 0 atom stereocenters. The van der Waals surface area contributed by atoms with Crippen molar-refractivity contribution in [2.24, 2.45) is 0 Å². The Morgan fingerprint density at radius 1 is 1.07 bits per heavy atom. The summed E-state index contributed by atoms with van der Waals surface area (Å²) in [5, 5.41) is 5.25. The van der Waals surface area contributed by atoms with Crippen LogP contribution in [0.1, 0.15) is 21.6 Å². The normalized spacial score (nSPS) is 10.6. The van der Waals surface area contributed by atoms with Gasteiger partial charge in [-0.2, -0.15) is 5.10 Å². The van der Waals surface area contributed by atoms with Crippen LogP contribution in [0.4, 0.5) is 0 Å². The number of carbonyl (C=O) groups is 1. The second kappa shape index (κ2) is 8.37. The van der Waals surface area contributed by atoms with E-state index in [9.17, 15) is 9.59 Å². The SMILES string of the molecule is CN(Cc1ccc(Cl)cc1Cl)C(=O)c1ccc(=O)n(Cc2ccccc2)n1. The number of hydrogen-bond acceptors (Lipinski definition) is 3. The summed E-state index contributed by atoms with van der Waals surface area (Å²) in [5.74, 6) is -0.303. The van der Waals surface area contributed by atoms with Crippen LogP contribution in [0, 0.1) is 0 Å². The van der Waals surface area contributed by atoms with Gasteiger partial charge in [-0.3, -0.25) is 9.59 Å². The number of halogens is 2. The quantitative estimate of drug-likeness (QED) is 0.651. The second-order valence-electron chi connectivity index (χ2n) is 6.10. The molecule has 1 aromatic heterocycles. The largest absolute Gasteiger partial charge is 0.336 e. The molecule has 2 aromatic carbocycles. The molecule has 0 aliphatic carbocycles. The van der Waals surface area contributed by atoms with Crippen LogP contribution in [0.15, 0.2) is 65.5 Å². The van der Waals surface area contributed by atoms with E-state index in [2.05, 4.69) is 5.10 Å². The van der Waals surface area contributed by atoms with Crippen molar-refractivity contribution in [2.75, 3.05) is 7.05 Å². The van der Waals surface area contributed by atoms with E-state index in [-0.39, 0.29) is 17.2 Å². The smallest absolute Gasteiger partial charge is 0.274 e. The van der Waals surface area contributed by atoms with Crippen LogP contribution in [0.3, 0.4) is 0 Å². The summed E-state index contributed by atoms with van der Waals surface area (Å²) in [6, 6.07) is 17.4. The lowest BCUT2D eigenvalue weighted by Gasteiger charge is -2.18. The van der Waals surface area contributed by atoms with Gasteiger partial charge in [0.25, 0.3) is 11.5 Å². The lowest BCUT2D eigenvalue weighted by Crippen LogP contribution is -2.31. The molecule has 5 nitrogen and oxygen atoms in total. The van der Waals surface area contributed by atoms with Gasteiger partial charge in [0.05, 0.1) is 6.54 Å². The van der Waals surface area contributed by atoms with Crippen molar-refractivity contribution < 1.29 is 4.79 Å². The predicted octanol–water partition coefficient (Wildman–Crippen LogP) is 3.87. The average Bonchev–Trinajstić information content (AvgIpc) is 2.66. The number of carbonyl (C=O) groups excluding carboxylic acids is 1. The Kier molecular flexibility index (Phi) is 5.94. The van der Waals surface area contributed by atoms with Crippen LogP contribution in [-0.2, 0) is 13.1 Å². The Balaban J connectivity index is 1.79. The molecule has 1 heterocycles. The van der Waals surface area contributed by atoms with E-state index in [1.54, 1.807) is 25.2 Å². The molecule has 3 rings (SSSR count). The van der Waals surface area contributed by atoms with Gasteiger partial charge in [-0.15, -0.1) is 0 Å². The van der Waals surface area contributed by atoms with E-state index in [4.69, 9.17) is 23.2 Å². The lowest BCUT2D eigenvalue weighted by molar-refractivity contribution is 0.0776. The summed E-state index contributed by atoms with van der Waals surface area (Å²) in [5.41, 5.74) is 1.63. The maximum Gasteiger partial charge on any atom is 0.274 e. The molecule has 0 unspecified atom stereocenters. The highest BCUT2D eigenvalue weighted by Gasteiger charge is 2.16. The number of nitrogens with zero attached hydrogens (tertiary/aromatic N) is 3. The number of rotatable bonds is 5. The molecule has 0 N–H and O–H groups in total. The number of aromatic nitrogens is 2. The third-order valence-electron chi connectivity index (χ3n) is 4.03. The molecular weight excluding hydrogens is 385 g/mol. The van der Waals surface area contributed by atoms with Gasteiger partial charge in [-0.05, 0) is 29.3 Å². The highest BCUT2D eigenvalue weighted by Crippen LogP contribution is 2.22. The number of benzene rings is 2. The Bertz CT molecular complexity index is 1020. The summed E-state index contributed by atoms with van der Waals surface area (Å²) in [6.45, 7) is 0.599. The Morgan fingerprint density at radius 2 is 1.81 bits per heavy atom. The summed E-state index contributed by atoms with van der Waals surface area (Å²) in [6.07, 6.45) is 0. The van der Waals surface area contributed by atoms with E-state index >= 15 is 0 Å². The molecule has 0 bridgehead atoms. The lowest BCUT2D eigenvalue weighted by atomic mass is 10.2. The monoisotopic (exact) mass is 401 g/mol. The minimum absolute atomic E-state index is 0.193. The summed E-state index contributed by atoms with van der Waals surface area (Å²) in [7, 11) is 1.65. The van der Waals surface area contributed by atoms with Gasteiger partial charge in [-0.1, -0.05) is 59.6 Å². The predicted molar refractivity (Wildman–Crippen MR) is 106 cm³/mol. The maximum absolute atomic E-state index is 12.7. The second-order valence-corrected chi connectivity index (χ2v) is 6.94. The molecule has 27 heavy (non-hydrogen) atoms. The zero-order valence-electron chi connectivity index (χ0n) is 14.6. The zero-order chi connectivity index (χ0) is 19.4. The zero-order valence-corrected chi connectivity index (χ0v) is 16.1. The standard InChI is InChI=1S/C20H17Cl2N3O2/c1-24(13-15-7-8-16(21)11-17(15)22)20(27)18-9-10-19(26)25(23-18)12-14-5-3-2-4-6-14/h2-11H,12-13H2,1H3. The first-order valence-corrected chi connectivity index (χ1v) is 9.01. The van der Waals surface area contributed by atoms with Crippen molar-refractivity contribution in [3.8, 4) is 0 Å². The van der Waals surface area contributed by atoms with Crippen LogP contribution in [-0.4, -0.2) is 27.6 Å². The Labute approximate surface area is 166 Å². The molecule has 0 spiro atoms. The van der Waals surface area contributed by atoms with Crippen LogP contribution in [0.25, 0.3) is 0 Å². The average molecular weight is 402 g/mol. The van der Waals surface area contributed by atoms with Crippen molar-refractivity contribution in [1.82, 2.24) is 14.7 Å². The van der Waals surface area contributed by atoms with E-state index in [0.29, 0.717) is 23.1 Å². The molecule has 1 amide bonds. The third kappa shape index (κ3) is 4.76. The summed E-state index contributed by atoms with van der Waals surface area (Å²) >= 11 is 12.1. The van der Waals surface area contributed by atoms with Gasteiger partial charge >= 0.3 is 0 Å². The Morgan fingerprint density at radius 3 is 2.52 bits per heavy atom. The number of hydrogen-bond donors (Lipinski definition) is 0. The molecule has 0 saturated carbocycles. The van der Waals surface area contributed by atoms with Gasteiger partial charge in [-0.25, -0.2) is 4.68 Å². The first-order valence-electron chi connectivity index (χ1n) is 8.25. The Hall–Kier alpha value is -2.63. The fourth-order valence-corrected chi connectivity index (χ4v) is 3.07. The number of amides is 1.